The zero-order valence-electron chi connectivity index (χ0n) is 5.65. The number of nitrogens with one attached hydrogen (secondary N) is 1. The van der Waals surface area contributed by atoms with Crippen molar-refractivity contribution in [3.63, 3.8) is 0 Å². The van der Waals surface area contributed by atoms with E-state index in [9.17, 15) is 8.78 Å². The first-order chi connectivity index (χ1) is 3.83. The summed E-state index contributed by atoms with van der Waals surface area (Å²) in [5, 5.41) is 5.50. The van der Waals surface area contributed by atoms with Crippen molar-refractivity contribution < 1.29 is 8.78 Å². The Morgan fingerprint density at radius 1 is 1.40 bits per heavy atom. The van der Waals surface area contributed by atoms with Gasteiger partial charge in [-0.05, 0) is 13.6 Å². The van der Waals surface area contributed by atoms with Crippen LogP contribution in [0.5, 0.6) is 0 Å². The molecule has 1 nitrogen and oxygen atoms in total. The molecule has 0 amide bonds. The second-order valence-corrected chi connectivity index (χ2v) is 0.371. The van der Waals surface area contributed by atoms with E-state index in [0.717, 1.165) is 0 Å². The smallest absolute Gasteiger partial charge is 0.425 e. The summed E-state index contributed by atoms with van der Waals surface area (Å²) in [5.41, 5.74) is 0. The first-order valence-electron chi connectivity index (χ1n) is 1.61. The second kappa shape index (κ2) is 128. The Morgan fingerprint density at radius 2 is 1.40 bits per heavy atom. The monoisotopic (exact) mass is 181 g/mol. The van der Waals surface area contributed by atoms with Crippen LogP contribution in [0, 0.1) is 19.3 Å². The van der Waals surface area contributed by atoms with Gasteiger partial charge < -0.3 is 14.2 Å². The van der Waals surface area contributed by atoms with Crippen LogP contribution >= 0.6 is 12.4 Å². The standard InChI is InChI=1S/C3H5.CHF2.CH3N.ClH.Mg/c1-3-2;2-1-3;1-2;;/h3H,1-2H2;1H;2H,1H2;1H;/q2*-1;;;+2. The summed E-state index contributed by atoms with van der Waals surface area (Å²) in [6.07, 6.45) is 1.50. The number of allylic oxidation sites excluding steroid dienone is 1. The zero-order valence-corrected chi connectivity index (χ0v) is 7.88. The van der Waals surface area contributed by atoms with Gasteiger partial charge in [0.1, 0.15) is 0 Å². The molecule has 0 aromatic rings. The molecule has 58 valence electrons. The molecule has 1 N–H and O–H groups in total. The molecule has 0 spiro atoms. The third-order valence-corrected chi connectivity index (χ3v) is 0. The van der Waals surface area contributed by atoms with E-state index in [-0.39, 0.29) is 35.5 Å². The maximum absolute atomic E-state index is 9.50. The molecule has 0 aromatic carbocycles. The Hall–Kier alpha value is 0.196. The SMILES string of the molecule is C=C[CH2-].C=N.Cl.F[CH-]F.[Mg+2]. The summed E-state index contributed by atoms with van der Waals surface area (Å²) >= 11 is 0. The predicted molar refractivity (Wildman–Crippen MR) is 44.9 cm³/mol. The van der Waals surface area contributed by atoms with Gasteiger partial charge in [-0.2, -0.15) is 0 Å². The molecular weight excluding hydrogens is 172 g/mol. The maximum Gasteiger partial charge on any atom is 2.00 e. The molecule has 0 bridgehead atoms. The van der Waals surface area contributed by atoms with Gasteiger partial charge in [0.05, 0.1) is 0 Å². The minimum Gasteiger partial charge on any atom is -0.425 e. The maximum atomic E-state index is 9.50. The molecule has 0 aromatic heterocycles. The molecule has 10 heavy (non-hydrogen) atoms. The molecule has 0 fully saturated rings. The largest absolute Gasteiger partial charge is 2.00 e. The number of halogens is 3. The van der Waals surface area contributed by atoms with Crippen molar-refractivity contribution in [2.75, 3.05) is 0 Å². The molecule has 0 aliphatic rings. The van der Waals surface area contributed by atoms with Gasteiger partial charge in [0.2, 0.25) is 0 Å². The van der Waals surface area contributed by atoms with Gasteiger partial charge in [0.25, 0.3) is 0 Å². The van der Waals surface area contributed by atoms with E-state index < -0.39 is 6.93 Å². The van der Waals surface area contributed by atoms with Crippen molar-refractivity contribution in [2.45, 2.75) is 0 Å². The molecular formula is C5H10ClF2MgN. The molecule has 0 unspecified atom stereocenters. The second-order valence-electron chi connectivity index (χ2n) is 0.371. The van der Waals surface area contributed by atoms with Crippen molar-refractivity contribution in [1.29, 1.82) is 5.41 Å². The molecule has 0 saturated heterocycles. The number of hydrogen-bond acceptors (Lipinski definition) is 1. The Labute approximate surface area is 83.0 Å². The van der Waals surface area contributed by atoms with Gasteiger partial charge in [-0.15, -0.1) is 12.4 Å². The fourth-order valence-electron chi connectivity index (χ4n) is 0. The van der Waals surface area contributed by atoms with Crippen LogP contribution in [-0.2, 0) is 0 Å². The fourth-order valence-corrected chi connectivity index (χ4v) is 0. The average molecular weight is 182 g/mol. The topological polar surface area (TPSA) is 23.9 Å². The van der Waals surface area contributed by atoms with E-state index in [1.54, 1.807) is 0 Å². The molecule has 0 aliphatic heterocycles. The van der Waals surface area contributed by atoms with E-state index in [2.05, 4.69) is 20.2 Å². The van der Waals surface area contributed by atoms with Gasteiger partial charge in [-0.1, -0.05) is 0 Å². The molecule has 0 rings (SSSR count). The summed E-state index contributed by atoms with van der Waals surface area (Å²) in [6, 6.07) is 0. The zero-order chi connectivity index (χ0) is 7.41. The fraction of sp³-hybridized carbons (Fsp3) is 0. The van der Waals surface area contributed by atoms with Crippen molar-refractivity contribution in [1.82, 2.24) is 0 Å². The van der Waals surface area contributed by atoms with E-state index in [1.165, 1.54) is 6.08 Å². The summed E-state index contributed by atoms with van der Waals surface area (Å²) in [7, 11) is 0. The first kappa shape index (κ1) is 31.9. The Balaban J connectivity index is -0.0000000116. The average Bonchev–Trinajstić information content (AvgIpc) is 1.75. The van der Waals surface area contributed by atoms with Gasteiger partial charge in [0, 0.05) is 0 Å². The predicted octanol–water partition coefficient (Wildman–Crippen LogP) is 2.36. The van der Waals surface area contributed by atoms with Crippen LogP contribution in [0.3, 0.4) is 0 Å². The Morgan fingerprint density at radius 3 is 1.40 bits per heavy atom. The Bertz CT molecular complexity index is 40.8. The summed E-state index contributed by atoms with van der Waals surface area (Å²) in [5.74, 6) is 0. The van der Waals surface area contributed by atoms with E-state index >= 15 is 0 Å². The van der Waals surface area contributed by atoms with Crippen molar-refractivity contribution in [3.8, 4) is 0 Å². The van der Waals surface area contributed by atoms with Gasteiger partial charge in [0.15, 0.2) is 0 Å². The molecule has 0 saturated carbocycles. The minimum atomic E-state index is -1.00. The molecule has 5 heteroatoms. The quantitative estimate of drug-likeness (QED) is 0.337. The summed E-state index contributed by atoms with van der Waals surface area (Å²) in [6.45, 7) is 8.00. The van der Waals surface area contributed by atoms with Crippen LogP contribution in [0.25, 0.3) is 0 Å². The van der Waals surface area contributed by atoms with E-state index in [4.69, 9.17) is 5.41 Å². The van der Waals surface area contributed by atoms with Crippen molar-refractivity contribution >= 4 is 42.2 Å². The van der Waals surface area contributed by atoms with Crippen LogP contribution in [-0.4, -0.2) is 29.8 Å². The third-order valence-electron chi connectivity index (χ3n) is 0. The molecule has 0 atom stereocenters. The third kappa shape index (κ3) is 11000. The first-order valence-corrected chi connectivity index (χ1v) is 1.61. The van der Waals surface area contributed by atoms with Crippen LogP contribution < -0.4 is 0 Å². The van der Waals surface area contributed by atoms with Gasteiger partial charge in [-0.25, -0.2) is 19.6 Å². The summed E-state index contributed by atoms with van der Waals surface area (Å²) < 4.78 is 19.0. The number of rotatable bonds is 0. The molecule has 0 aliphatic carbocycles. The van der Waals surface area contributed by atoms with E-state index in [1.807, 2.05) is 0 Å². The normalized spacial score (nSPS) is 3.40. The van der Waals surface area contributed by atoms with Crippen molar-refractivity contribution in [3.05, 3.63) is 26.5 Å². The van der Waals surface area contributed by atoms with Gasteiger partial charge >= 0.3 is 23.1 Å². The van der Waals surface area contributed by atoms with Crippen LogP contribution in [0.4, 0.5) is 8.78 Å². The van der Waals surface area contributed by atoms with Crippen LogP contribution in [0.15, 0.2) is 12.7 Å². The van der Waals surface area contributed by atoms with E-state index in [0.29, 0.717) is 0 Å². The minimum absolute atomic E-state index is 0. The van der Waals surface area contributed by atoms with Crippen molar-refractivity contribution in [2.24, 2.45) is 0 Å². The van der Waals surface area contributed by atoms with Crippen LogP contribution in [0.1, 0.15) is 0 Å². The summed E-state index contributed by atoms with van der Waals surface area (Å²) in [4.78, 5) is 0. The molecule has 0 heterocycles. The van der Waals surface area contributed by atoms with Crippen LogP contribution in [0.2, 0.25) is 0 Å². The number of hydrogen-bond donors (Lipinski definition) is 1. The molecule has 0 radical (unpaired) electrons. The van der Waals surface area contributed by atoms with Gasteiger partial charge in [-0.3, -0.25) is 0 Å². The Kier molecular flexibility index (Phi) is 409.